The maximum atomic E-state index is 13.4. The van der Waals surface area contributed by atoms with Gasteiger partial charge in [-0.25, -0.2) is 9.80 Å². The molecule has 1 saturated heterocycles. The molecule has 1 aliphatic heterocycles. The molecule has 0 bridgehead atoms. The molecule has 0 aromatic heterocycles. The summed E-state index contributed by atoms with van der Waals surface area (Å²) in [5.74, 6) is -0.504. The predicted molar refractivity (Wildman–Crippen MR) is 122 cm³/mol. The number of carbonyl (C=O) groups is 3. The van der Waals surface area contributed by atoms with Gasteiger partial charge in [-0.1, -0.05) is 18.2 Å². The first kappa shape index (κ1) is 25.1. The van der Waals surface area contributed by atoms with Gasteiger partial charge in [0, 0.05) is 25.3 Å². The summed E-state index contributed by atoms with van der Waals surface area (Å²) in [6, 6.07) is 8.17. The monoisotopic (exact) mass is 446 g/mol. The number of guanidine groups is 1. The third-order valence-electron chi connectivity index (χ3n) is 4.83. The lowest BCUT2D eigenvalue weighted by Crippen LogP contribution is -2.60. The minimum Gasteiger partial charge on any atom is -0.443 e. The van der Waals surface area contributed by atoms with Crippen molar-refractivity contribution < 1.29 is 19.1 Å². The van der Waals surface area contributed by atoms with E-state index in [1.807, 2.05) is 11.1 Å². The maximum Gasteiger partial charge on any atom is 0.415 e. The summed E-state index contributed by atoms with van der Waals surface area (Å²) in [4.78, 5) is 39.5. The van der Waals surface area contributed by atoms with Gasteiger partial charge in [-0.15, -0.1) is 0 Å². The molecule has 1 aliphatic rings. The molecule has 32 heavy (non-hydrogen) atoms. The number of aldehydes is 1. The van der Waals surface area contributed by atoms with E-state index in [0.717, 1.165) is 12.7 Å². The van der Waals surface area contributed by atoms with Crippen molar-refractivity contribution in [3.63, 3.8) is 0 Å². The topological polar surface area (TPSA) is 132 Å². The van der Waals surface area contributed by atoms with Crippen LogP contribution in [-0.4, -0.2) is 72.1 Å². The third kappa shape index (κ3) is 7.52. The van der Waals surface area contributed by atoms with Gasteiger partial charge in [0.1, 0.15) is 24.5 Å². The van der Waals surface area contributed by atoms with E-state index in [9.17, 15) is 14.4 Å². The third-order valence-corrected chi connectivity index (χ3v) is 4.83. The average Bonchev–Trinajstić information content (AvgIpc) is 2.68. The van der Waals surface area contributed by atoms with Crippen LogP contribution < -0.4 is 16.0 Å². The summed E-state index contributed by atoms with van der Waals surface area (Å²) in [5, 5.41) is 13.2. The van der Waals surface area contributed by atoms with Crippen molar-refractivity contribution >= 4 is 29.9 Å². The minimum atomic E-state index is -0.723. The van der Waals surface area contributed by atoms with Crippen LogP contribution in [0.25, 0.3) is 0 Å². The Kier molecular flexibility index (Phi) is 9.01. The fourth-order valence-electron chi connectivity index (χ4n) is 3.24. The number of nitrogens with two attached hydrogens (primary N) is 1. The highest BCUT2D eigenvalue weighted by molar-refractivity contribution is 5.95. The van der Waals surface area contributed by atoms with E-state index in [0.29, 0.717) is 38.2 Å². The van der Waals surface area contributed by atoms with Gasteiger partial charge >= 0.3 is 6.09 Å². The molecule has 4 N–H and O–H groups in total. The number of hydrogen-bond acceptors (Lipinski definition) is 6. The van der Waals surface area contributed by atoms with Crippen LogP contribution in [0.3, 0.4) is 0 Å². The Morgan fingerprint density at radius 3 is 2.44 bits per heavy atom. The summed E-state index contributed by atoms with van der Waals surface area (Å²) < 4.78 is 5.52. The first-order valence-corrected chi connectivity index (χ1v) is 10.8. The van der Waals surface area contributed by atoms with Crippen molar-refractivity contribution in [1.82, 2.24) is 15.3 Å². The number of nitrogens with one attached hydrogen (secondary N) is 2. The number of ether oxygens (including phenoxy) is 1. The molecule has 10 heteroatoms. The SMILES string of the molecule is CC(C)(C)OC(=O)N(CC(=O)N([C@H](C=O)CCCNC(=N)N)N1CCC1)c1ccccc1. The van der Waals surface area contributed by atoms with E-state index in [4.69, 9.17) is 15.9 Å². The van der Waals surface area contributed by atoms with Crippen LogP contribution >= 0.6 is 0 Å². The standard InChI is InChI=1S/C22H34N6O4/c1-22(2,3)32-21(31)27(17-9-5-4-6-10-17)15-19(30)28(26-13-8-14-26)18(16-29)11-7-12-25-20(23)24/h4-6,9-10,16,18H,7-8,11-15H2,1-3H3,(H4,23,24,25)/t18-/m0/s1. The normalized spacial score (nSPS) is 14.6. The predicted octanol–water partition coefficient (Wildman–Crippen LogP) is 1.71. The molecular weight excluding hydrogens is 412 g/mol. The largest absolute Gasteiger partial charge is 0.443 e. The second kappa shape index (κ2) is 11.5. The highest BCUT2D eigenvalue weighted by atomic mass is 16.6. The molecule has 1 aromatic carbocycles. The highest BCUT2D eigenvalue weighted by Gasteiger charge is 2.35. The van der Waals surface area contributed by atoms with Gasteiger partial charge in [0.05, 0.1) is 0 Å². The van der Waals surface area contributed by atoms with E-state index in [1.54, 1.807) is 45.0 Å². The Balaban J connectivity index is 2.19. The fourth-order valence-corrected chi connectivity index (χ4v) is 3.24. The zero-order chi connectivity index (χ0) is 23.7. The first-order chi connectivity index (χ1) is 15.1. The smallest absolute Gasteiger partial charge is 0.415 e. The van der Waals surface area contributed by atoms with Gasteiger partial charge in [0.2, 0.25) is 0 Å². The Labute approximate surface area is 189 Å². The van der Waals surface area contributed by atoms with Gasteiger partial charge < -0.3 is 20.6 Å². The Morgan fingerprint density at radius 2 is 1.94 bits per heavy atom. The van der Waals surface area contributed by atoms with Gasteiger partial charge in [-0.3, -0.25) is 20.1 Å². The zero-order valence-corrected chi connectivity index (χ0v) is 19.0. The lowest BCUT2D eigenvalue weighted by atomic mass is 10.1. The number of carbonyl (C=O) groups excluding carboxylic acids is 3. The molecule has 0 saturated carbocycles. The molecule has 1 atom stereocenters. The van der Waals surface area contributed by atoms with E-state index in [1.165, 1.54) is 9.91 Å². The molecule has 0 radical (unpaired) electrons. The second-order valence-corrected chi connectivity index (χ2v) is 8.63. The molecule has 10 nitrogen and oxygen atoms in total. The number of hydrazine groups is 1. The lowest BCUT2D eigenvalue weighted by molar-refractivity contribution is -0.165. The molecule has 0 spiro atoms. The summed E-state index contributed by atoms with van der Waals surface area (Å²) in [5.41, 5.74) is 5.10. The maximum absolute atomic E-state index is 13.4. The Bertz CT molecular complexity index is 791. The number of para-hydroxylation sites is 1. The van der Waals surface area contributed by atoms with Crippen molar-refractivity contribution in [3.05, 3.63) is 30.3 Å². The van der Waals surface area contributed by atoms with Crippen molar-refractivity contribution in [2.24, 2.45) is 5.73 Å². The number of anilines is 1. The number of hydrogen-bond donors (Lipinski definition) is 3. The summed E-state index contributed by atoms with van der Waals surface area (Å²) in [7, 11) is 0. The van der Waals surface area contributed by atoms with Gasteiger partial charge in [-0.2, -0.15) is 0 Å². The fraction of sp³-hybridized carbons (Fsp3) is 0.545. The van der Waals surface area contributed by atoms with Gasteiger partial charge in [0.25, 0.3) is 5.91 Å². The number of amides is 2. The Morgan fingerprint density at radius 1 is 1.28 bits per heavy atom. The number of benzene rings is 1. The van der Waals surface area contributed by atoms with E-state index in [2.05, 4.69) is 5.32 Å². The average molecular weight is 447 g/mol. The molecule has 1 aromatic rings. The molecule has 0 aliphatic carbocycles. The summed E-state index contributed by atoms with van der Waals surface area (Å²) in [6.07, 6.45) is 2.01. The highest BCUT2D eigenvalue weighted by Crippen LogP contribution is 2.21. The first-order valence-electron chi connectivity index (χ1n) is 10.8. The van der Waals surface area contributed by atoms with E-state index in [-0.39, 0.29) is 18.4 Å². The minimum absolute atomic E-state index is 0.140. The van der Waals surface area contributed by atoms with Crippen LogP contribution in [0.15, 0.2) is 30.3 Å². The van der Waals surface area contributed by atoms with Crippen molar-refractivity contribution in [2.45, 2.75) is 51.7 Å². The van der Waals surface area contributed by atoms with Crippen LogP contribution in [0.5, 0.6) is 0 Å². The zero-order valence-electron chi connectivity index (χ0n) is 19.0. The quantitative estimate of drug-likeness (QED) is 0.216. The van der Waals surface area contributed by atoms with E-state index < -0.39 is 17.7 Å². The molecule has 1 heterocycles. The van der Waals surface area contributed by atoms with Crippen LogP contribution in [-0.2, 0) is 14.3 Å². The number of nitrogens with zero attached hydrogens (tertiary/aromatic N) is 3. The molecule has 2 rings (SSSR count). The van der Waals surface area contributed by atoms with E-state index >= 15 is 0 Å². The van der Waals surface area contributed by atoms with Crippen LogP contribution in [0.4, 0.5) is 10.5 Å². The molecule has 0 unspecified atom stereocenters. The van der Waals surface area contributed by atoms with Gasteiger partial charge in [0.15, 0.2) is 5.96 Å². The molecule has 1 fully saturated rings. The summed E-state index contributed by atoms with van der Waals surface area (Å²) >= 11 is 0. The van der Waals surface area contributed by atoms with Gasteiger partial charge in [-0.05, 0) is 52.2 Å². The molecule has 176 valence electrons. The molecule has 2 amide bonds. The molecular formula is C22H34N6O4. The lowest BCUT2D eigenvalue weighted by Gasteiger charge is -2.44. The van der Waals surface area contributed by atoms with Crippen molar-refractivity contribution in [3.8, 4) is 0 Å². The van der Waals surface area contributed by atoms with Crippen molar-refractivity contribution in [1.29, 1.82) is 5.41 Å². The second-order valence-electron chi connectivity index (χ2n) is 8.63. The van der Waals surface area contributed by atoms with Crippen LogP contribution in [0.2, 0.25) is 0 Å². The summed E-state index contributed by atoms with van der Waals surface area (Å²) in [6.45, 7) is 6.79. The van der Waals surface area contributed by atoms with Crippen LogP contribution in [0, 0.1) is 5.41 Å². The van der Waals surface area contributed by atoms with Crippen LogP contribution in [0.1, 0.15) is 40.0 Å². The number of rotatable bonds is 10. The van der Waals surface area contributed by atoms with Crippen molar-refractivity contribution in [2.75, 3.05) is 31.1 Å². The Hall–Kier alpha value is -3.14.